The number of hydrogen-bond donors (Lipinski definition) is 2. The monoisotopic (exact) mass is 406 g/mol. The maximum Gasteiger partial charge on any atom is 0.251 e. The van der Waals surface area contributed by atoms with Gasteiger partial charge in [-0.25, -0.2) is 13.1 Å². The molecule has 2 rings (SSSR count). The van der Waals surface area contributed by atoms with Gasteiger partial charge >= 0.3 is 0 Å². The lowest BCUT2D eigenvalue weighted by Crippen LogP contribution is -2.28. The van der Waals surface area contributed by atoms with E-state index in [0.29, 0.717) is 18.7 Å². The molecule has 0 unspecified atom stereocenters. The Bertz CT molecular complexity index is 928. The molecule has 0 aliphatic rings. The number of ether oxygens (including phenoxy) is 2. The Hall–Kier alpha value is -2.58. The molecule has 2 aromatic carbocycles. The first-order chi connectivity index (χ1) is 13.3. The molecule has 152 valence electrons. The van der Waals surface area contributed by atoms with Crippen molar-refractivity contribution in [2.45, 2.75) is 31.2 Å². The van der Waals surface area contributed by atoms with Gasteiger partial charge in [-0.05, 0) is 37.6 Å². The molecule has 0 spiro atoms. The van der Waals surface area contributed by atoms with Crippen molar-refractivity contribution in [3.63, 3.8) is 0 Å². The highest BCUT2D eigenvalue weighted by molar-refractivity contribution is 7.89. The van der Waals surface area contributed by atoms with Gasteiger partial charge in [0.05, 0.1) is 20.3 Å². The summed E-state index contributed by atoms with van der Waals surface area (Å²) in [5.41, 5.74) is 1.05. The number of carbonyl (C=O) groups is 1. The molecule has 0 radical (unpaired) electrons. The zero-order valence-corrected chi connectivity index (χ0v) is 17.3. The average molecular weight is 407 g/mol. The smallest absolute Gasteiger partial charge is 0.251 e. The van der Waals surface area contributed by atoms with Crippen molar-refractivity contribution in [2.24, 2.45) is 0 Å². The van der Waals surface area contributed by atoms with Crippen molar-refractivity contribution < 1.29 is 22.7 Å². The zero-order valence-electron chi connectivity index (χ0n) is 16.5. The Balaban J connectivity index is 2.29. The summed E-state index contributed by atoms with van der Waals surface area (Å²) < 4.78 is 38.0. The van der Waals surface area contributed by atoms with Gasteiger partial charge in [-0.3, -0.25) is 4.79 Å². The summed E-state index contributed by atoms with van der Waals surface area (Å²) in [6.45, 7) is 4.00. The zero-order chi connectivity index (χ0) is 20.7. The normalized spacial score (nSPS) is 12.3. The van der Waals surface area contributed by atoms with E-state index in [1.165, 1.54) is 25.3 Å². The van der Waals surface area contributed by atoms with Crippen LogP contribution in [0.3, 0.4) is 0 Å². The van der Waals surface area contributed by atoms with Gasteiger partial charge in [0.2, 0.25) is 10.0 Å². The summed E-state index contributed by atoms with van der Waals surface area (Å²) in [4.78, 5) is 12.6. The van der Waals surface area contributed by atoms with E-state index in [2.05, 4.69) is 10.0 Å². The molecule has 28 heavy (non-hydrogen) atoms. The Morgan fingerprint density at radius 2 is 1.75 bits per heavy atom. The molecular formula is C20H26N2O5S. The third kappa shape index (κ3) is 5.02. The van der Waals surface area contributed by atoms with Crippen molar-refractivity contribution in [1.82, 2.24) is 10.0 Å². The summed E-state index contributed by atoms with van der Waals surface area (Å²) >= 11 is 0. The molecule has 0 fully saturated rings. The lowest BCUT2D eigenvalue weighted by Gasteiger charge is -2.18. The minimum absolute atomic E-state index is 0.0685. The van der Waals surface area contributed by atoms with E-state index in [4.69, 9.17) is 9.47 Å². The van der Waals surface area contributed by atoms with Crippen LogP contribution in [0.2, 0.25) is 0 Å². The Morgan fingerprint density at radius 3 is 2.39 bits per heavy atom. The second-order valence-corrected chi connectivity index (χ2v) is 7.94. The summed E-state index contributed by atoms with van der Waals surface area (Å²) in [7, 11) is -0.834. The van der Waals surface area contributed by atoms with Crippen LogP contribution in [0.25, 0.3) is 0 Å². The quantitative estimate of drug-likeness (QED) is 0.668. The topological polar surface area (TPSA) is 93.7 Å². The second-order valence-electron chi connectivity index (χ2n) is 6.20. The minimum atomic E-state index is -3.79. The lowest BCUT2D eigenvalue weighted by molar-refractivity contribution is 0.0939. The molecule has 1 atom stereocenters. The van der Waals surface area contributed by atoms with E-state index >= 15 is 0 Å². The predicted molar refractivity (Wildman–Crippen MR) is 107 cm³/mol. The van der Waals surface area contributed by atoms with Crippen LogP contribution in [-0.2, 0) is 10.0 Å². The van der Waals surface area contributed by atoms with Crippen LogP contribution in [0.15, 0.2) is 47.4 Å². The number of hydrogen-bond acceptors (Lipinski definition) is 5. The summed E-state index contributed by atoms with van der Waals surface area (Å²) in [5, 5.41) is 2.87. The van der Waals surface area contributed by atoms with Crippen LogP contribution in [0, 0.1) is 0 Å². The van der Waals surface area contributed by atoms with Crippen LogP contribution >= 0.6 is 0 Å². The van der Waals surface area contributed by atoms with E-state index in [1.807, 2.05) is 38.1 Å². The number of methoxy groups -OCH3 is 2. The number of carbonyl (C=O) groups excluding carboxylic acids is 1. The minimum Gasteiger partial charge on any atom is -0.496 e. The number of nitrogens with one attached hydrogen (secondary N) is 2. The number of benzene rings is 2. The molecule has 0 bridgehead atoms. The molecule has 2 aromatic rings. The first-order valence-corrected chi connectivity index (χ1v) is 10.4. The lowest BCUT2D eigenvalue weighted by atomic mass is 10.1. The van der Waals surface area contributed by atoms with Gasteiger partial charge in [-0.2, -0.15) is 0 Å². The van der Waals surface area contributed by atoms with Gasteiger partial charge in [0, 0.05) is 17.7 Å². The largest absolute Gasteiger partial charge is 0.496 e. The van der Waals surface area contributed by atoms with Gasteiger partial charge in [0.25, 0.3) is 5.91 Å². The summed E-state index contributed by atoms with van der Waals surface area (Å²) in [6.07, 6.45) is 0.651. The van der Waals surface area contributed by atoms with Crippen LogP contribution < -0.4 is 19.5 Å². The van der Waals surface area contributed by atoms with Crippen LogP contribution in [0.5, 0.6) is 11.5 Å². The molecule has 0 aromatic heterocycles. The molecule has 0 aliphatic heterocycles. The van der Waals surface area contributed by atoms with Crippen LogP contribution in [0.1, 0.15) is 42.2 Å². The number of sulfonamides is 1. The molecule has 0 aliphatic carbocycles. The van der Waals surface area contributed by atoms with Crippen LogP contribution in [-0.4, -0.2) is 35.1 Å². The summed E-state index contributed by atoms with van der Waals surface area (Å²) in [6, 6.07) is 11.4. The van der Waals surface area contributed by atoms with Crippen molar-refractivity contribution in [1.29, 1.82) is 0 Å². The van der Waals surface area contributed by atoms with E-state index in [1.54, 1.807) is 7.11 Å². The fourth-order valence-electron chi connectivity index (χ4n) is 2.72. The maximum absolute atomic E-state index is 12.7. The molecular weight excluding hydrogens is 380 g/mol. The Morgan fingerprint density at radius 1 is 1.07 bits per heavy atom. The van der Waals surface area contributed by atoms with Crippen molar-refractivity contribution in [3.8, 4) is 11.5 Å². The predicted octanol–water partition coefficient (Wildman–Crippen LogP) is 2.88. The van der Waals surface area contributed by atoms with E-state index in [9.17, 15) is 13.2 Å². The fourth-order valence-corrected chi connectivity index (χ4v) is 4.05. The number of para-hydroxylation sites is 1. The first kappa shape index (κ1) is 21.7. The van der Waals surface area contributed by atoms with E-state index in [-0.39, 0.29) is 22.3 Å². The van der Waals surface area contributed by atoms with Crippen molar-refractivity contribution in [2.75, 3.05) is 20.8 Å². The third-order valence-corrected chi connectivity index (χ3v) is 5.69. The van der Waals surface area contributed by atoms with Crippen molar-refractivity contribution >= 4 is 15.9 Å². The first-order valence-electron chi connectivity index (χ1n) is 8.95. The molecule has 8 heteroatoms. The van der Waals surface area contributed by atoms with Gasteiger partial charge < -0.3 is 14.8 Å². The molecule has 0 saturated carbocycles. The Labute approximate surface area is 166 Å². The van der Waals surface area contributed by atoms with Gasteiger partial charge in [0.1, 0.15) is 16.4 Å². The van der Waals surface area contributed by atoms with Gasteiger partial charge in [-0.1, -0.05) is 25.1 Å². The second kappa shape index (κ2) is 9.57. The van der Waals surface area contributed by atoms with Crippen LogP contribution in [0.4, 0.5) is 0 Å². The number of rotatable bonds is 9. The maximum atomic E-state index is 12.7. The molecule has 0 saturated heterocycles. The van der Waals surface area contributed by atoms with E-state index in [0.717, 1.165) is 5.56 Å². The molecule has 7 nitrogen and oxygen atoms in total. The van der Waals surface area contributed by atoms with Gasteiger partial charge in [-0.15, -0.1) is 0 Å². The van der Waals surface area contributed by atoms with Gasteiger partial charge in [0.15, 0.2) is 0 Å². The summed E-state index contributed by atoms with van der Waals surface area (Å²) in [5.74, 6) is 0.447. The van der Waals surface area contributed by atoms with E-state index < -0.39 is 15.9 Å². The SMILES string of the molecule is CCCNS(=O)(=O)c1cc(C(=O)N[C@H](C)c2ccccc2OC)ccc1OC. The fraction of sp³-hybridized carbons (Fsp3) is 0.350. The average Bonchev–Trinajstić information content (AvgIpc) is 2.71. The highest BCUT2D eigenvalue weighted by atomic mass is 32.2. The highest BCUT2D eigenvalue weighted by Gasteiger charge is 2.22. The Kier molecular flexibility index (Phi) is 7.42. The number of amides is 1. The highest BCUT2D eigenvalue weighted by Crippen LogP contribution is 2.27. The van der Waals surface area contributed by atoms with Crippen molar-refractivity contribution in [3.05, 3.63) is 53.6 Å². The standard InChI is InChI=1S/C20H26N2O5S/c1-5-12-21-28(24,25)19-13-15(10-11-18(19)27-4)20(23)22-14(2)16-8-6-7-9-17(16)26-3/h6-11,13-14,21H,5,12H2,1-4H3,(H,22,23)/t14-/m1/s1. The molecule has 1 amide bonds. The third-order valence-electron chi connectivity index (χ3n) is 4.21. The molecule has 2 N–H and O–H groups in total. The molecule has 0 heterocycles.